The number of aryl methyl sites for hydroxylation is 1. The topological polar surface area (TPSA) is 67.7 Å². The number of aromatic nitrogens is 2. The van der Waals surface area contributed by atoms with Gasteiger partial charge in [-0.1, -0.05) is 0 Å². The lowest BCUT2D eigenvalue weighted by atomic mass is 9.93. The van der Waals surface area contributed by atoms with Crippen LogP contribution in [0.2, 0.25) is 0 Å². The summed E-state index contributed by atoms with van der Waals surface area (Å²) in [6, 6.07) is 0.147. The fourth-order valence-corrected chi connectivity index (χ4v) is 3.53. The number of piperidine rings is 1. The van der Waals surface area contributed by atoms with Crippen molar-refractivity contribution in [2.75, 3.05) is 26.2 Å². The van der Waals surface area contributed by atoms with E-state index in [1.807, 2.05) is 30.6 Å². The van der Waals surface area contributed by atoms with Crippen molar-refractivity contribution in [3.05, 3.63) is 18.0 Å². The van der Waals surface area contributed by atoms with Crippen LogP contribution in [0.1, 0.15) is 37.6 Å². The van der Waals surface area contributed by atoms with Gasteiger partial charge in [-0.05, 0) is 27.2 Å². The highest BCUT2D eigenvalue weighted by Gasteiger charge is 2.38. The second kappa shape index (κ2) is 6.93. The summed E-state index contributed by atoms with van der Waals surface area (Å²) in [5.41, 5.74) is 0.627. The Labute approximate surface area is 142 Å². The van der Waals surface area contributed by atoms with Crippen LogP contribution in [0.5, 0.6) is 0 Å². The van der Waals surface area contributed by atoms with Crippen molar-refractivity contribution >= 4 is 11.8 Å². The van der Waals surface area contributed by atoms with E-state index in [0.29, 0.717) is 25.2 Å². The molecule has 0 bridgehead atoms. The average molecular weight is 334 g/mol. The van der Waals surface area contributed by atoms with Crippen molar-refractivity contribution in [2.24, 2.45) is 5.92 Å². The fourth-order valence-electron chi connectivity index (χ4n) is 3.53. The molecule has 2 fully saturated rings. The van der Waals surface area contributed by atoms with Crippen molar-refractivity contribution < 1.29 is 14.3 Å². The van der Waals surface area contributed by atoms with Crippen molar-refractivity contribution in [3.8, 4) is 0 Å². The van der Waals surface area contributed by atoms with Gasteiger partial charge in [-0.15, -0.1) is 0 Å². The summed E-state index contributed by atoms with van der Waals surface area (Å²) in [5.74, 6) is 0.221. The number of likely N-dealkylation sites (tertiary alicyclic amines) is 1. The van der Waals surface area contributed by atoms with Crippen LogP contribution in [0.4, 0.5) is 0 Å². The van der Waals surface area contributed by atoms with Crippen molar-refractivity contribution in [3.63, 3.8) is 0 Å². The monoisotopic (exact) mass is 334 g/mol. The molecular weight excluding hydrogens is 308 g/mol. The van der Waals surface area contributed by atoms with Gasteiger partial charge in [0.1, 0.15) is 6.61 Å². The van der Waals surface area contributed by atoms with Gasteiger partial charge in [0.15, 0.2) is 0 Å². The van der Waals surface area contributed by atoms with E-state index in [2.05, 4.69) is 5.10 Å². The van der Waals surface area contributed by atoms with Gasteiger partial charge >= 0.3 is 0 Å². The van der Waals surface area contributed by atoms with E-state index in [0.717, 1.165) is 13.0 Å². The number of hydrogen-bond acceptors (Lipinski definition) is 4. The first-order chi connectivity index (χ1) is 11.5. The summed E-state index contributed by atoms with van der Waals surface area (Å²) in [7, 11) is 0. The molecule has 0 N–H and O–H groups in total. The molecular formula is C17H26N4O3. The third kappa shape index (κ3) is 3.31. The van der Waals surface area contributed by atoms with Crippen LogP contribution in [0.3, 0.4) is 0 Å². The van der Waals surface area contributed by atoms with Gasteiger partial charge in [-0.3, -0.25) is 14.3 Å². The summed E-state index contributed by atoms with van der Waals surface area (Å²) < 4.78 is 7.57. The second-order valence-corrected chi connectivity index (χ2v) is 6.87. The Kier molecular flexibility index (Phi) is 4.89. The number of amides is 2. The summed E-state index contributed by atoms with van der Waals surface area (Å²) in [5, 5.41) is 4.18. The van der Waals surface area contributed by atoms with Gasteiger partial charge in [0.25, 0.3) is 5.91 Å². The van der Waals surface area contributed by atoms with Crippen LogP contribution in [0.15, 0.2) is 12.4 Å². The predicted octanol–water partition coefficient (Wildman–Crippen LogP) is 1.00. The molecule has 0 spiro atoms. The molecule has 24 heavy (non-hydrogen) atoms. The number of carbonyl (C=O) groups excluding carboxylic acids is 2. The quantitative estimate of drug-likeness (QED) is 0.827. The molecule has 7 nitrogen and oxygen atoms in total. The van der Waals surface area contributed by atoms with Gasteiger partial charge in [0, 0.05) is 44.3 Å². The van der Waals surface area contributed by atoms with E-state index in [9.17, 15) is 9.59 Å². The first-order valence-corrected chi connectivity index (χ1v) is 8.72. The number of rotatable bonds is 3. The van der Waals surface area contributed by atoms with Crippen molar-refractivity contribution in [1.29, 1.82) is 0 Å². The third-order valence-electron chi connectivity index (χ3n) is 4.95. The van der Waals surface area contributed by atoms with Gasteiger partial charge in [0.2, 0.25) is 5.91 Å². The van der Waals surface area contributed by atoms with Crippen LogP contribution in [-0.2, 0) is 16.1 Å². The molecule has 2 aliphatic heterocycles. The van der Waals surface area contributed by atoms with E-state index in [-0.39, 0.29) is 36.5 Å². The molecule has 132 valence electrons. The molecule has 2 amide bonds. The summed E-state index contributed by atoms with van der Waals surface area (Å²) in [4.78, 5) is 28.6. The molecule has 0 aromatic carbocycles. The summed E-state index contributed by atoms with van der Waals surface area (Å²) in [6.07, 6.45) is 4.26. The Morgan fingerprint density at radius 3 is 2.88 bits per heavy atom. The van der Waals surface area contributed by atoms with Crippen LogP contribution in [0.25, 0.3) is 0 Å². The first-order valence-electron chi connectivity index (χ1n) is 8.72. The lowest BCUT2D eigenvalue weighted by molar-refractivity contribution is -0.136. The Hall–Kier alpha value is -1.89. The second-order valence-electron chi connectivity index (χ2n) is 6.87. The highest BCUT2D eigenvalue weighted by Crippen LogP contribution is 2.26. The molecule has 2 atom stereocenters. The molecule has 0 aliphatic carbocycles. The molecule has 7 heteroatoms. The number of hydrogen-bond donors (Lipinski definition) is 0. The summed E-state index contributed by atoms with van der Waals surface area (Å²) >= 11 is 0. The van der Waals surface area contributed by atoms with E-state index in [1.165, 1.54) is 0 Å². The van der Waals surface area contributed by atoms with Crippen LogP contribution in [0, 0.1) is 5.92 Å². The third-order valence-corrected chi connectivity index (χ3v) is 4.95. The highest BCUT2D eigenvalue weighted by atomic mass is 16.5. The Morgan fingerprint density at radius 1 is 1.42 bits per heavy atom. The maximum Gasteiger partial charge on any atom is 0.257 e. The maximum absolute atomic E-state index is 12.7. The fraction of sp³-hybridized carbons (Fsp3) is 0.706. The highest BCUT2D eigenvalue weighted by molar-refractivity contribution is 5.93. The normalized spacial score (nSPS) is 24.9. The lowest BCUT2D eigenvalue weighted by Crippen LogP contribution is -2.50. The largest absolute Gasteiger partial charge is 0.368 e. The molecule has 2 aliphatic rings. The Bertz CT molecular complexity index is 613. The first kappa shape index (κ1) is 17.0. The van der Waals surface area contributed by atoms with Gasteiger partial charge in [-0.2, -0.15) is 5.10 Å². The molecule has 0 radical (unpaired) electrons. The standard InChI is InChI=1S/C17H26N4O3/c1-4-20-9-13(7-18-20)17(23)19-6-5-15-14(8-19)10-21(12(2)3)16(22)11-24-15/h7,9,12,14-15H,4-6,8,10-11H2,1-3H3/t14-,15+/m1/s1. The van der Waals surface area contributed by atoms with E-state index in [1.54, 1.807) is 17.1 Å². The van der Waals surface area contributed by atoms with Crippen molar-refractivity contribution in [2.45, 2.75) is 45.9 Å². The van der Waals surface area contributed by atoms with E-state index < -0.39 is 0 Å². The predicted molar refractivity (Wildman–Crippen MR) is 88.5 cm³/mol. The number of fused-ring (bicyclic) bond motifs is 1. The lowest BCUT2D eigenvalue weighted by Gasteiger charge is -2.38. The van der Waals surface area contributed by atoms with Gasteiger partial charge < -0.3 is 14.5 Å². The number of carbonyl (C=O) groups is 2. The number of ether oxygens (including phenoxy) is 1. The zero-order valence-corrected chi connectivity index (χ0v) is 14.6. The Balaban J connectivity index is 1.71. The molecule has 1 aromatic heterocycles. The van der Waals surface area contributed by atoms with Crippen LogP contribution >= 0.6 is 0 Å². The van der Waals surface area contributed by atoms with E-state index in [4.69, 9.17) is 4.74 Å². The number of nitrogens with zero attached hydrogens (tertiary/aromatic N) is 4. The average Bonchev–Trinajstić information content (AvgIpc) is 2.99. The molecule has 2 saturated heterocycles. The summed E-state index contributed by atoms with van der Waals surface area (Å²) in [6.45, 7) is 8.86. The van der Waals surface area contributed by atoms with E-state index >= 15 is 0 Å². The SMILES string of the molecule is CCn1cc(C(=O)N2CC[C@@H]3OCC(=O)N(C(C)C)C[C@H]3C2)cn1. The maximum atomic E-state index is 12.7. The molecule has 0 saturated carbocycles. The van der Waals surface area contributed by atoms with Crippen LogP contribution < -0.4 is 0 Å². The molecule has 3 heterocycles. The Morgan fingerprint density at radius 2 is 2.21 bits per heavy atom. The smallest absolute Gasteiger partial charge is 0.257 e. The van der Waals surface area contributed by atoms with Crippen LogP contribution in [-0.4, -0.2) is 69.8 Å². The zero-order valence-electron chi connectivity index (χ0n) is 14.6. The minimum atomic E-state index is 0.0137. The minimum absolute atomic E-state index is 0.0137. The van der Waals surface area contributed by atoms with Gasteiger partial charge in [-0.25, -0.2) is 0 Å². The minimum Gasteiger partial charge on any atom is -0.368 e. The zero-order chi connectivity index (χ0) is 17.3. The van der Waals surface area contributed by atoms with Gasteiger partial charge in [0.05, 0.1) is 17.9 Å². The molecule has 3 rings (SSSR count). The molecule has 1 aromatic rings. The molecule has 0 unspecified atom stereocenters. The van der Waals surface area contributed by atoms with Crippen molar-refractivity contribution in [1.82, 2.24) is 19.6 Å².